The van der Waals surface area contributed by atoms with E-state index in [2.05, 4.69) is 54.1 Å². The third kappa shape index (κ3) is 7.79. The molecule has 4 aromatic rings. The molecule has 1 aliphatic carbocycles. The van der Waals surface area contributed by atoms with Crippen LogP contribution in [0.3, 0.4) is 0 Å². The molecule has 0 bridgehead atoms. The van der Waals surface area contributed by atoms with Crippen molar-refractivity contribution in [2.24, 2.45) is 0 Å². The summed E-state index contributed by atoms with van der Waals surface area (Å²) in [5, 5.41) is 18.6. The van der Waals surface area contributed by atoms with E-state index in [4.69, 9.17) is 5.10 Å². The highest BCUT2D eigenvalue weighted by molar-refractivity contribution is 6.04. The number of nitrogens with zero attached hydrogens (tertiary/aromatic N) is 6. The van der Waals surface area contributed by atoms with E-state index >= 15 is 0 Å². The molecule has 3 heterocycles. The Kier molecular flexibility index (Phi) is 9.15. The second kappa shape index (κ2) is 13.5. The highest BCUT2D eigenvalue weighted by Crippen LogP contribution is 2.28. The first-order valence-corrected chi connectivity index (χ1v) is 15.4. The van der Waals surface area contributed by atoms with Crippen molar-refractivity contribution in [2.75, 3.05) is 62.3 Å². The molecular formula is C33H42N10O. The van der Waals surface area contributed by atoms with Gasteiger partial charge in [0, 0.05) is 80.9 Å². The Hall–Kier alpha value is -4.32. The Morgan fingerprint density at radius 3 is 2.61 bits per heavy atom. The molecule has 1 saturated carbocycles. The van der Waals surface area contributed by atoms with Crippen molar-refractivity contribution in [1.82, 2.24) is 34.9 Å². The Balaban J connectivity index is 1.19. The molecule has 4 N–H and O–H groups in total. The molecule has 1 saturated heterocycles. The van der Waals surface area contributed by atoms with Crippen LogP contribution in [-0.2, 0) is 6.54 Å². The zero-order valence-corrected chi connectivity index (χ0v) is 25.8. The zero-order chi connectivity index (χ0) is 30.5. The second-order valence-corrected chi connectivity index (χ2v) is 11.9. The van der Waals surface area contributed by atoms with Gasteiger partial charge in [0.15, 0.2) is 5.82 Å². The third-order valence-corrected chi connectivity index (χ3v) is 8.10. The van der Waals surface area contributed by atoms with Crippen molar-refractivity contribution in [1.29, 1.82) is 0 Å². The fraction of sp³-hybridized carbons (Fsp3) is 0.394. The van der Waals surface area contributed by atoms with Crippen molar-refractivity contribution in [2.45, 2.75) is 39.3 Å². The fourth-order valence-corrected chi connectivity index (χ4v) is 5.25. The maximum Gasteiger partial charge on any atom is 0.255 e. The first-order valence-electron chi connectivity index (χ1n) is 15.4. The van der Waals surface area contributed by atoms with Gasteiger partial charge in [-0.1, -0.05) is 23.8 Å². The van der Waals surface area contributed by atoms with E-state index < -0.39 is 0 Å². The Bertz CT molecular complexity index is 1590. The van der Waals surface area contributed by atoms with E-state index in [1.165, 1.54) is 0 Å². The van der Waals surface area contributed by atoms with Crippen LogP contribution in [0.2, 0.25) is 0 Å². The summed E-state index contributed by atoms with van der Waals surface area (Å²) < 4.78 is 1.83. The fourth-order valence-electron chi connectivity index (χ4n) is 5.25. The molecule has 2 aromatic carbocycles. The van der Waals surface area contributed by atoms with Crippen LogP contribution in [0.25, 0.3) is 5.82 Å². The van der Waals surface area contributed by atoms with Gasteiger partial charge in [-0.2, -0.15) is 9.78 Å². The number of piperazine rings is 1. The van der Waals surface area contributed by atoms with Crippen molar-refractivity contribution in [3.8, 4) is 5.82 Å². The standard InChI is InChI=1S/C33H42N10O/c1-23-5-4-6-25(17-23)33(44)38-27-8-7-24(2)29(18-27)39-32-19-28(21-34-11-12-42-15-13-41(3)14-16-42)40-43(32)31-20-30(35-22-36-31)37-26-9-10-26/h4-8,17-20,22,26,34,39H,9-16,21H2,1-3H3,(H,38,44)(H,35,36,37). The molecule has 0 radical (unpaired) electrons. The van der Waals surface area contributed by atoms with Gasteiger partial charge in [0.05, 0.1) is 5.69 Å². The van der Waals surface area contributed by atoms with Crippen molar-refractivity contribution in [3.05, 3.63) is 83.3 Å². The van der Waals surface area contributed by atoms with Crippen LogP contribution < -0.4 is 21.3 Å². The lowest BCUT2D eigenvalue weighted by molar-refractivity contribution is 0.102. The van der Waals surface area contributed by atoms with E-state index in [1.54, 1.807) is 6.33 Å². The SMILES string of the molecule is Cc1cccc(C(=O)Nc2ccc(C)c(Nc3cc(CNCCN4CCN(C)CC4)nn3-c3cc(NC4CC4)ncn3)c2)c1. The number of carbonyl (C=O) groups is 1. The number of aryl methyl sites for hydroxylation is 2. The summed E-state index contributed by atoms with van der Waals surface area (Å²) in [6.45, 7) is 11.0. The van der Waals surface area contributed by atoms with Crippen LogP contribution in [0.1, 0.15) is 40.0 Å². The lowest BCUT2D eigenvalue weighted by atomic mass is 10.1. The van der Waals surface area contributed by atoms with Crippen LogP contribution in [0, 0.1) is 13.8 Å². The maximum absolute atomic E-state index is 12.9. The summed E-state index contributed by atoms with van der Waals surface area (Å²) in [6.07, 6.45) is 3.90. The molecule has 2 aromatic heterocycles. The summed E-state index contributed by atoms with van der Waals surface area (Å²) in [7, 11) is 2.18. The number of hydrogen-bond acceptors (Lipinski definition) is 9. The summed E-state index contributed by atoms with van der Waals surface area (Å²) in [5.74, 6) is 2.11. The average Bonchev–Trinajstić information content (AvgIpc) is 3.75. The minimum atomic E-state index is -0.143. The number of carbonyl (C=O) groups excluding carboxylic acids is 1. The first kappa shape index (κ1) is 29.7. The van der Waals surface area contributed by atoms with Crippen molar-refractivity contribution < 1.29 is 4.79 Å². The number of nitrogens with one attached hydrogen (secondary N) is 4. The van der Waals surface area contributed by atoms with Crippen LogP contribution in [-0.4, -0.2) is 87.8 Å². The van der Waals surface area contributed by atoms with Gasteiger partial charge in [-0.25, -0.2) is 9.97 Å². The number of anilines is 4. The van der Waals surface area contributed by atoms with Gasteiger partial charge in [0.2, 0.25) is 0 Å². The van der Waals surface area contributed by atoms with Gasteiger partial charge in [-0.15, -0.1) is 0 Å². The van der Waals surface area contributed by atoms with Gasteiger partial charge >= 0.3 is 0 Å². The molecule has 0 spiro atoms. The molecule has 1 aliphatic heterocycles. The molecule has 2 aliphatic rings. The van der Waals surface area contributed by atoms with Crippen LogP contribution in [0.5, 0.6) is 0 Å². The van der Waals surface area contributed by atoms with E-state index in [0.29, 0.717) is 29.7 Å². The summed E-state index contributed by atoms with van der Waals surface area (Å²) in [5.41, 5.74) is 5.19. The Morgan fingerprint density at radius 1 is 0.977 bits per heavy atom. The van der Waals surface area contributed by atoms with Gasteiger partial charge < -0.3 is 26.2 Å². The van der Waals surface area contributed by atoms with Crippen LogP contribution in [0.15, 0.2) is 60.9 Å². The number of amides is 1. The molecule has 0 atom stereocenters. The summed E-state index contributed by atoms with van der Waals surface area (Å²) in [4.78, 5) is 26.8. The van der Waals surface area contributed by atoms with E-state index in [0.717, 1.165) is 86.3 Å². The van der Waals surface area contributed by atoms with Gasteiger partial charge in [-0.05, 0) is 63.6 Å². The smallest absolute Gasteiger partial charge is 0.255 e. The molecule has 0 unspecified atom stereocenters. The highest BCUT2D eigenvalue weighted by atomic mass is 16.1. The Labute approximate surface area is 259 Å². The molecule has 1 amide bonds. The number of hydrogen-bond donors (Lipinski definition) is 4. The zero-order valence-electron chi connectivity index (χ0n) is 25.8. The van der Waals surface area contributed by atoms with Crippen LogP contribution >= 0.6 is 0 Å². The van der Waals surface area contributed by atoms with Gasteiger partial charge in [0.25, 0.3) is 5.91 Å². The lowest BCUT2D eigenvalue weighted by Crippen LogP contribution is -2.46. The first-order chi connectivity index (χ1) is 21.4. The third-order valence-electron chi connectivity index (χ3n) is 8.10. The van der Waals surface area contributed by atoms with Gasteiger partial charge in [0.1, 0.15) is 18.0 Å². The van der Waals surface area contributed by atoms with E-state index in [9.17, 15) is 4.79 Å². The summed E-state index contributed by atoms with van der Waals surface area (Å²) >= 11 is 0. The minimum Gasteiger partial charge on any atom is -0.367 e. The number of aromatic nitrogens is 4. The molecule has 44 heavy (non-hydrogen) atoms. The molecule has 2 fully saturated rings. The summed E-state index contributed by atoms with van der Waals surface area (Å²) in [6, 6.07) is 17.9. The molecule has 11 heteroatoms. The van der Waals surface area contributed by atoms with E-state index in [-0.39, 0.29) is 5.91 Å². The molecular weight excluding hydrogens is 552 g/mol. The number of benzene rings is 2. The van der Waals surface area contributed by atoms with E-state index in [1.807, 2.05) is 67.1 Å². The van der Waals surface area contributed by atoms with Crippen molar-refractivity contribution in [3.63, 3.8) is 0 Å². The predicted molar refractivity (Wildman–Crippen MR) is 175 cm³/mol. The average molecular weight is 595 g/mol. The molecule has 6 rings (SSSR count). The highest BCUT2D eigenvalue weighted by Gasteiger charge is 2.22. The van der Waals surface area contributed by atoms with Crippen LogP contribution in [0.4, 0.5) is 23.0 Å². The molecule has 11 nitrogen and oxygen atoms in total. The molecule has 230 valence electrons. The minimum absolute atomic E-state index is 0.143. The monoisotopic (exact) mass is 594 g/mol. The Morgan fingerprint density at radius 2 is 1.82 bits per heavy atom. The van der Waals surface area contributed by atoms with Gasteiger partial charge in [-0.3, -0.25) is 9.69 Å². The van der Waals surface area contributed by atoms with Crippen molar-refractivity contribution >= 4 is 28.9 Å². The number of likely N-dealkylation sites (N-methyl/N-ethyl adjacent to an activating group) is 1. The predicted octanol–water partition coefficient (Wildman–Crippen LogP) is 4.19. The second-order valence-electron chi connectivity index (χ2n) is 11.9. The normalized spacial score (nSPS) is 15.7. The maximum atomic E-state index is 12.9. The number of rotatable bonds is 12. The quantitative estimate of drug-likeness (QED) is 0.179. The topological polar surface area (TPSA) is 115 Å². The lowest BCUT2D eigenvalue weighted by Gasteiger charge is -2.32. The largest absolute Gasteiger partial charge is 0.367 e.